The Morgan fingerprint density at radius 3 is 2.44 bits per heavy atom. The van der Waals surface area contributed by atoms with Crippen molar-refractivity contribution in [1.29, 1.82) is 0 Å². The fraction of sp³-hybridized carbons (Fsp3) is 0.533. The van der Waals surface area contributed by atoms with Crippen LogP contribution >= 0.6 is 0 Å². The van der Waals surface area contributed by atoms with Gasteiger partial charge in [0.1, 0.15) is 0 Å². The molecule has 3 heteroatoms. The van der Waals surface area contributed by atoms with Crippen molar-refractivity contribution in [2.75, 3.05) is 18.0 Å². The lowest BCUT2D eigenvalue weighted by Crippen LogP contribution is -2.24. The molecule has 1 aromatic rings. The minimum Gasteiger partial charge on any atom is -0.372 e. The molecule has 2 aliphatic rings. The van der Waals surface area contributed by atoms with E-state index in [4.69, 9.17) is 0 Å². The molecule has 0 radical (unpaired) electrons. The van der Waals surface area contributed by atoms with Crippen LogP contribution in [-0.2, 0) is 11.3 Å². The molecule has 2 fully saturated rings. The van der Waals surface area contributed by atoms with Crippen molar-refractivity contribution in [3.63, 3.8) is 0 Å². The fourth-order valence-electron chi connectivity index (χ4n) is 2.48. The second kappa shape index (κ2) is 5.01. The molecular formula is C15H20N2O. The molecule has 3 nitrogen and oxygen atoms in total. The highest BCUT2D eigenvalue weighted by Gasteiger charge is 2.29. The molecule has 3 rings (SSSR count). The van der Waals surface area contributed by atoms with Gasteiger partial charge >= 0.3 is 0 Å². The van der Waals surface area contributed by atoms with Crippen LogP contribution in [0.3, 0.4) is 0 Å². The summed E-state index contributed by atoms with van der Waals surface area (Å²) in [6.45, 7) is 3.02. The molecule has 0 aromatic heterocycles. The maximum Gasteiger partial charge on any atom is 0.223 e. The van der Waals surface area contributed by atoms with Crippen molar-refractivity contribution in [2.45, 2.75) is 32.2 Å². The minimum absolute atomic E-state index is 0.221. The van der Waals surface area contributed by atoms with Crippen LogP contribution < -0.4 is 10.2 Å². The molecule has 0 unspecified atom stereocenters. The Morgan fingerprint density at radius 2 is 1.83 bits per heavy atom. The largest absolute Gasteiger partial charge is 0.372 e. The van der Waals surface area contributed by atoms with Gasteiger partial charge in [-0.1, -0.05) is 12.1 Å². The number of benzene rings is 1. The highest BCUT2D eigenvalue weighted by atomic mass is 16.2. The summed E-state index contributed by atoms with van der Waals surface area (Å²) in [5, 5.41) is 3.00. The minimum atomic E-state index is 0.221. The number of rotatable bonds is 4. The van der Waals surface area contributed by atoms with Crippen LogP contribution in [0.5, 0.6) is 0 Å². The highest BCUT2D eigenvalue weighted by molar-refractivity contribution is 5.80. The van der Waals surface area contributed by atoms with Gasteiger partial charge in [0.15, 0.2) is 0 Å². The first-order valence-corrected chi connectivity index (χ1v) is 6.94. The van der Waals surface area contributed by atoms with E-state index in [1.807, 2.05) is 0 Å². The van der Waals surface area contributed by atoms with Crippen LogP contribution in [0, 0.1) is 5.92 Å². The van der Waals surface area contributed by atoms with Gasteiger partial charge in [-0.2, -0.15) is 0 Å². The first-order valence-electron chi connectivity index (χ1n) is 6.94. The number of hydrogen-bond acceptors (Lipinski definition) is 2. The zero-order valence-electron chi connectivity index (χ0n) is 10.7. The van der Waals surface area contributed by atoms with E-state index in [0.29, 0.717) is 12.5 Å². The van der Waals surface area contributed by atoms with E-state index in [1.54, 1.807) is 0 Å². The summed E-state index contributed by atoms with van der Waals surface area (Å²) in [6, 6.07) is 8.59. The Labute approximate surface area is 108 Å². The molecule has 1 saturated carbocycles. The molecule has 1 N–H and O–H groups in total. The van der Waals surface area contributed by atoms with Crippen LogP contribution in [0.2, 0.25) is 0 Å². The van der Waals surface area contributed by atoms with E-state index in [-0.39, 0.29) is 5.91 Å². The van der Waals surface area contributed by atoms with E-state index in [2.05, 4.69) is 34.5 Å². The maximum atomic E-state index is 11.5. The number of carbonyl (C=O) groups excluding carboxylic acids is 1. The van der Waals surface area contributed by atoms with Crippen LogP contribution in [0.1, 0.15) is 31.2 Å². The maximum absolute atomic E-state index is 11.5. The zero-order chi connectivity index (χ0) is 12.4. The molecule has 96 valence electrons. The zero-order valence-corrected chi connectivity index (χ0v) is 10.7. The molecule has 0 bridgehead atoms. The summed E-state index contributed by atoms with van der Waals surface area (Å²) in [7, 11) is 0. The number of carbonyl (C=O) groups is 1. The van der Waals surface area contributed by atoms with Gasteiger partial charge in [0.2, 0.25) is 5.91 Å². The number of nitrogens with one attached hydrogen (secondary N) is 1. The SMILES string of the molecule is O=C(NCc1ccc(N2CCCC2)cc1)C1CC1. The van der Waals surface area contributed by atoms with Crippen LogP contribution in [0.25, 0.3) is 0 Å². The summed E-state index contributed by atoms with van der Waals surface area (Å²) in [6.07, 6.45) is 4.75. The summed E-state index contributed by atoms with van der Waals surface area (Å²) in [4.78, 5) is 14.0. The number of nitrogens with zero attached hydrogens (tertiary/aromatic N) is 1. The Hall–Kier alpha value is -1.51. The topological polar surface area (TPSA) is 32.3 Å². The third kappa shape index (κ3) is 2.66. The molecule has 0 atom stereocenters. The van der Waals surface area contributed by atoms with Crippen molar-refractivity contribution in [3.8, 4) is 0 Å². The molecule has 18 heavy (non-hydrogen) atoms. The van der Waals surface area contributed by atoms with Crippen molar-refractivity contribution in [2.24, 2.45) is 5.92 Å². The Balaban J connectivity index is 1.54. The second-order valence-electron chi connectivity index (χ2n) is 5.35. The standard InChI is InChI=1S/C15H20N2O/c18-15(13-5-6-13)16-11-12-3-7-14(8-4-12)17-9-1-2-10-17/h3-4,7-8,13H,1-2,5-6,9-11H2,(H,16,18). The van der Waals surface area contributed by atoms with Crippen LogP contribution in [-0.4, -0.2) is 19.0 Å². The van der Waals surface area contributed by atoms with Crippen LogP contribution in [0.15, 0.2) is 24.3 Å². The van der Waals surface area contributed by atoms with Crippen LogP contribution in [0.4, 0.5) is 5.69 Å². The summed E-state index contributed by atoms with van der Waals surface area (Å²) < 4.78 is 0. The third-order valence-corrected chi connectivity index (χ3v) is 3.82. The van der Waals surface area contributed by atoms with Gasteiger partial charge in [0.05, 0.1) is 0 Å². The van der Waals surface area contributed by atoms with Crippen molar-refractivity contribution < 1.29 is 4.79 Å². The first kappa shape index (κ1) is 11.6. The number of hydrogen-bond donors (Lipinski definition) is 1. The van der Waals surface area contributed by atoms with Gasteiger partial charge in [-0.15, -0.1) is 0 Å². The van der Waals surface area contributed by atoms with E-state index >= 15 is 0 Å². The fourth-order valence-corrected chi connectivity index (χ4v) is 2.48. The average Bonchev–Trinajstić information content (AvgIpc) is 3.12. The van der Waals surface area contributed by atoms with Gasteiger partial charge in [0.25, 0.3) is 0 Å². The Kier molecular flexibility index (Phi) is 3.22. The number of anilines is 1. The van der Waals surface area contributed by atoms with E-state index in [0.717, 1.165) is 12.8 Å². The molecule has 1 saturated heterocycles. The van der Waals surface area contributed by atoms with Gasteiger partial charge in [0, 0.05) is 31.2 Å². The number of amides is 1. The Bertz CT molecular complexity index is 417. The Morgan fingerprint density at radius 1 is 1.17 bits per heavy atom. The second-order valence-corrected chi connectivity index (χ2v) is 5.35. The predicted octanol–water partition coefficient (Wildman–Crippen LogP) is 2.31. The average molecular weight is 244 g/mol. The van der Waals surface area contributed by atoms with Gasteiger partial charge in [-0.25, -0.2) is 0 Å². The van der Waals surface area contributed by atoms with E-state index in [9.17, 15) is 4.79 Å². The summed E-state index contributed by atoms with van der Waals surface area (Å²) >= 11 is 0. The molecule has 1 aromatic carbocycles. The normalized spacial score (nSPS) is 19.0. The molecule has 0 spiro atoms. The summed E-state index contributed by atoms with van der Waals surface area (Å²) in [5.74, 6) is 0.521. The van der Waals surface area contributed by atoms with E-state index in [1.165, 1.54) is 37.2 Å². The van der Waals surface area contributed by atoms with Crippen molar-refractivity contribution in [1.82, 2.24) is 5.32 Å². The lowest BCUT2D eigenvalue weighted by Gasteiger charge is -2.17. The molecule has 1 amide bonds. The lowest BCUT2D eigenvalue weighted by atomic mass is 10.2. The summed E-state index contributed by atoms with van der Waals surface area (Å²) in [5.41, 5.74) is 2.50. The molecule has 1 heterocycles. The molecule has 1 aliphatic carbocycles. The van der Waals surface area contributed by atoms with Gasteiger partial charge in [-0.3, -0.25) is 4.79 Å². The van der Waals surface area contributed by atoms with Crippen molar-refractivity contribution >= 4 is 11.6 Å². The van der Waals surface area contributed by atoms with E-state index < -0.39 is 0 Å². The lowest BCUT2D eigenvalue weighted by molar-refractivity contribution is -0.122. The van der Waals surface area contributed by atoms with Crippen molar-refractivity contribution in [3.05, 3.63) is 29.8 Å². The smallest absolute Gasteiger partial charge is 0.223 e. The first-order chi connectivity index (χ1) is 8.83. The molecular weight excluding hydrogens is 224 g/mol. The monoisotopic (exact) mass is 244 g/mol. The van der Waals surface area contributed by atoms with Gasteiger partial charge in [-0.05, 0) is 43.4 Å². The van der Waals surface area contributed by atoms with Gasteiger partial charge < -0.3 is 10.2 Å². The third-order valence-electron chi connectivity index (χ3n) is 3.82. The highest BCUT2D eigenvalue weighted by Crippen LogP contribution is 2.28. The molecule has 1 aliphatic heterocycles. The predicted molar refractivity (Wildman–Crippen MR) is 72.5 cm³/mol. The quantitative estimate of drug-likeness (QED) is 0.881.